The molecule has 2 saturated heterocycles. The largest absolute Gasteiger partial charge is 0.390 e. The average molecular weight is 1120 g/mol. The fourth-order valence-electron chi connectivity index (χ4n) is 14.1. The summed E-state index contributed by atoms with van der Waals surface area (Å²) in [6.45, 7) is 16.6. The quantitative estimate of drug-likeness (QED) is 0.107. The highest BCUT2D eigenvalue weighted by Gasteiger charge is 2.68. The molecule has 4 fully saturated rings. The number of ketones is 2. The number of nitrogens with one attached hydrogen (secondary N) is 4. The monoisotopic (exact) mass is 1120 g/mol. The van der Waals surface area contributed by atoms with E-state index in [4.69, 9.17) is 46.4 Å². The predicted molar refractivity (Wildman–Crippen MR) is 302 cm³/mol. The van der Waals surface area contributed by atoms with Gasteiger partial charge in [0.2, 0.25) is 11.8 Å². The maximum Gasteiger partial charge on any atom is 0.237 e. The van der Waals surface area contributed by atoms with Crippen LogP contribution >= 0.6 is 46.4 Å². The number of rotatable bonds is 10. The van der Waals surface area contributed by atoms with Crippen molar-refractivity contribution in [3.05, 3.63) is 127 Å². The second-order valence-corrected chi connectivity index (χ2v) is 27.1. The van der Waals surface area contributed by atoms with Crippen molar-refractivity contribution in [2.24, 2.45) is 28.6 Å². The van der Waals surface area contributed by atoms with E-state index < -0.39 is 64.1 Å². The molecule has 6 aliphatic rings. The van der Waals surface area contributed by atoms with Gasteiger partial charge >= 0.3 is 0 Å². The van der Waals surface area contributed by atoms with Crippen molar-refractivity contribution in [2.45, 2.75) is 179 Å². The number of amides is 2. The molecule has 5 N–H and O–H groups in total. The Balaban J connectivity index is 0.000000199. The molecule has 0 aromatic heterocycles. The lowest BCUT2D eigenvalue weighted by atomic mass is 9.61. The molecular formula is C61H74Cl4F2N4O5. The van der Waals surface area contributed by atoms with Crippen LogP contribution in [0.5, 0.6) is 0 Å². The smallest absolute Gasteiger partial charge is 0.237 e. The second-order valence-electron chi connectivity index (χ2n) is 25.4. The summed E-state index contributed by atoms with van der Waals surface area (Å²) in [5.74, 6) is -2.29. The minimum absolute atomic E-state index is 0. The molecule has 2 aliphatic carbocycles. The van der Waals surface area contributed by atoms with Crippen LogP contribution in [0, 0.1) is 40.2 Å². The highest BCUT2D eigenvalue weighted by molar-refractivity contribution is 6.32. The third kappa shape index (κ3) is 10.8. The van der Waals surface area contributed by atoms with Crippen molar-refractivity contribution in [3.63, 3.8) is 0 Å². The first-order valence-electron chi connectivity index (χ1n) is 26.6. The zero-order valence-electron chi connectivity index (χ0n) is 44.0. The molecule has 4 aliphatic heterocycles. The lowest BCUT2D eigenvalue weighted by molar-refractivity contribution is -0.127. The van der Waals surface area contributed by atoms with Gasteiger partial charge in [-0.15, -0.1) is 0 Å². The maximum atomic E-state index is 15.8. The molecule has 0 radical (unpaired) electrons. The van der Waals surface area contributed by atoms with Crippen molar-refractivity contribution < 1.29 is 33.1 Å². The van der Waals surface area contributed by atoms with Crippen LogP contribution in [0.25, 0.3) is 0 Å². The van der Waals surface area contributed by atoms with Crippen molar-refractivity contribution in [3.8, 4) is 0 Å². The highest BCUT2D eigenvalue weighted by Crippen LogP contribution is 2.60. The van der Waals surface area contributed by atoms with Crippen LogP contribution in [0.2, 0.25) is 20.1 Å². The van der Waals surface area contributed by atoms with Gasteiger partial charge in [-0.05, 0) is 133 Å². The first-order chi connectivity index (χ1) is 35.1. The third-order valence-corrected chi connectivity index (χ3v) is 18.2. The lowest BCUT2D eigenvalue weighted by Crippen LogP contribution is -2.49. The topological polar surface area (TPSA) is 137 Å². The Morgan fingerprint density at radius 3 is 1.41 bits per heavy atom. The summed E-state index contributed by atoms with van der Waals surface area (Å²) in [4.78, 5) is 56.3. The van der Waals surface area contributed by atoms with E-state index in [0.717, 1.165) is 31.2 Å². The Morgan fingerprint density at radius 1 is 0.632 bits per heavy atom. The molecule has 4 aromatic rings. The van der Waals surface area contributed by atoms with E-state index in [0.29, 0.717) is 76.5 Å². The van der Waals surface area contributed by atoms with Gasteiger partial charge < -0.3 is 26.4 Å². The Kier molecular flexibility index (Phi) is 16.5. The van der Waals surface area contributed by atoms with Gasteiger partial charge in [-0.2, -0.15) is 0 Å². The van der Waals surface area contributed by atoms with Crippen LogP contribution < -0.4 is 21.3 Å². The van der Waals surface area contributed by atoms with Crippen LogP contribution in [0.4, 0.5) is 20.2 Å². The second kappa shape index (κ2) is 21.6. The Hall–Kier alpha value is -3.94. The van der Waals surface area contributed by atoms with Gasteiger partial charge in [0.15, 0.2) is 11.6 Å². The first-order valence-corrected chi connectivity index (χ1v) is 28.1. The summed E-state index contributed by atoms with van der Waals surface area (Å²) in [7, 11) is 0. The molecule has 9 nitrogen and oxygen atoms in total. The average Bonchev–Trinajstić information content (AvgIpc) is 4.00. The van der Waals surface area contributed by atoms with Crippen molar-refractivity contribution >= 4 is 81.2 Å². The third-order valence-electron chi connectivity index (χ3n) is 17.1. The number of fused-ring (bicyclic) bond motifs is 4. The normalized spacial score (nSPS) is 31.4. The molecule has 0 bridgehead atoms. The number of carbonyl (C=O) groups excluding carboxylic acids is 4. The predicted octanol–water partition coefficient (Wildman–Crippen LogP) is 14.3. The van der Waals surface area contributed by atoms with Gasteiger partial charge in [0.05, 0.1) is 27.7 Å². The van der Waals surface area contributed by atoms with Crippen LogP contribution in [0.1, 0.15) is 161 Å². The van der Waals surface area contributed by atoms with E-state index in [1.807, 2.05) is 12.1 Å². The van der Waals surface area contributed by atoms with Crippen LogP contribution in [-0.4, -0.2) is 58.3 Å². The Bertz CT molecular complexity index is 2910. The lowest BCUT2D eigenvalue weighted by Gasteiger charge is -2.41. The molecule has 4 aromatic carbocycles. The molecule has 2 amide bonds. The molecule has 410 valence electrons. The SMILES string of the molecule is C.CC(C)(C)C[C@@H]1N[C@@H](C(=O)CC2CC(C)(O)C2)[C@H](c2cccc(Cl)c2F)[C@]12C(=O)Nc1cc(Cl)ccc12.CC1CCC(CC(=O)[C@@H]2N[C@@H](CC(C)(C)C)[C@@]3(C(=O)Nc4cc(Cl)ccc43)[C@H]2c2cccc(Cl)c2F)CC1. The number of hydrogen-bond donors (Lipinski definition) is 5. The summed E-state index contributed by atoms with van der Waals surface area (Å²) in [6, 6.07) is 17.9. The fraction of sp³-hybridized carbons (Fsp3) is 0.541. The van der Waals surface area contributed by atoms with E-state index in [2.05, 4.69) is 69.7 Å². The Morgan fingerprint density at radius 2 is 1.03 bits per heavy atom. The molecule has 15 heteroatoms. The highest BCUT2D eigenvalue weighted by atomic mass is 35.5. The van der Waals surface area contributed by atoms with Crippen LogP contribution in [0.3, 0.4) is 0 Å². The number of hydrogen-bond acceptors (Lipinski definition) is 7. The number of anilines is 2. The first kappa shape index (κ1) is 58.2. The molecule has 2 saturated carbocycles. The van der Waals surface area contributed by atoms with Gasteiger partial charge in [-0.3, -0.25) is 19.2 Å². The number of benzene rings is 4. The van der Waals surface area contributed by atoms with E-state index in [1.165, 1.54) is 12.1 Å². The standard InChI is InChI=1S/C31H37Cl2FN2O2.C29H33Cl2FN2O3.CH4/c1-17-8-10-18(11-9-17)14-24(37)28-26(20-6-5-7-22(33)27(20)34)31(25(36-28)16-30(2,3)4)21-13-12-19(32)15-23(21)35-29(31)38;1-27(2,3)14-22-29(18-9-8-16(30)11-20(18)33-26(29)36)23(17-6-5-7-19(31)24(17)32)25(34-22)21(35)10-15-12-28(4,37)13-15;/h5-7,12-13,15,17-18,25-26,28,36H,8-11,14,16H2,1-4H3,(H,35,38);5-9,11,15,22-23,25,34,37H,10,12-14H2,1-4H3,(H,33,36);1H4/t17?,18?,25-,26-,28-,31+;15?,22-,23-,25-,28?,29+;/m00./s1. The molecule has 0 unspecified atom stereocenters. The molecule has 4 heterocycles. The summed E-state index contributed by atoms with van der Waals surface area (Å²) >= 11 is 25.1. The molecular weight excluding hydrogens is 1050 g/mol. The minimum atomic E-state index is -1.25. The summed E-state index contributed by atoms with van der Waals surface area (Å²) < 4.78 is 31.6. The molecule has 10 rings (SSSR count). The van der Waals surface area contributed by atoms with E-state index in [9.17, 15) is 24.3 Å². The van der Waals surface area contributed by atoms with E-state index in [1.54, 1.807) is 55.5 Å². The molecule has 2 spiro atoms. The number of Topliss-reactive ketones (excluding diaryl/α,β-unsaturated/α-hetero) is 2. The van der Waals surface area contributed by atoms with Crippen molar-refractivity contribution in [2.75, 3.05) is 10.6 Å². The molecule has 8 atom stereocenters. The number of aliphatic hydroxyl groups is 1. The minimum Gasteiger partial charge on any atom is -0.390 e. The number of halogens is 6. The van der Waals surface area contributed by atoms with E-state index >= 15 is 8.78 Å². The van der Waals surface area contributed by atoms with Gasteiger partial charge in [-0.1, -0.05) is 152 Å². The van der Waals surface area contributed by atoms with Crippen LogP contribution in [-0.2, 0) is 30.0 Å². The van der Waals surface area contributed by atoms with Gasteiger partial charge in [0, 0.05) is 58.2 Å². The molecule has 76 heavy (non-hydrogen) atoms. The van der Waals surface area contributed by atoms with Crippen molar-refractivity contribution in [1.29, 1.82) is 0 Å². The van der Waals surface area contributed by atoms with Gasteiger partial charge in [-0.25, -0.2) is 8.78 Å². The van der Waals surface area contributed by atoms with Gasteiger partial charge in [0.1, 0.15) is 22.5 Å². The summed E-state index contributed by atoms with van der Waals surface area (Å²) in [5, 5.41) is 24.3. The summed E-state index contributed by atoms with van der Waals surface area (Å²) in [5.41, 5.74) is -0.357. The summed E-state index contributed by atoms with van der Waals surface area (Å²) in [6.07, 6.45) is 7.24. The van der Waals surface area contributed by atoms with E-state index in [-0.39, 0.29) is 69.6 Å². The number of carbonyl (C=O) groups is 4. The zero-order chi connectivity index (χ0) is 54.3. The van der Waals surface area contributed by atoms with Gasteiger partial charge in [0.25, 0.3) is 0 Å². The fourth-order valence-corrected chi connectivity index (χ4v) is 14.8. The van der Waals surface area contributed by atoms with Crippen LogP contribution in [0.15, 0.2) is 72.8 Å². The van der Waals surface area contributed by atoms with Crippen molar-refractivity contribution in [1.82, 2.24) is 10.6 Å². The maximum absolute atomic E-state index is 15.8. The Labute approximate surface area is 467 Å². The zero-order valence-corrected chi connectivity index (χ0v) is 47.1.